The van der Waals surface area contributed by atoms with Gasteiger partial charge in [-0.05, 0) is 114 Å². The summed E-state index contributed by atoms with van der Waals surface area (Å²) in [5.74, 6) is -0.197. The average Bonchev–Trinajstić information content (AvgIpc) is 3.93. The van der Waals surface area contributed by atoms with Gasteiger partial charge >= 0.3 is 0 Å². The summed E-state index contributed by atoms with van der Waals surface area (Å²) in [6.07, 6.45) is 19.9. The number of hydrogen-bond acceptors (Lipinski definition) is 8. The van der Waals surface area contributed by atoms with Crippen molar-refractivity contribution in [2.45, 2.75) is 163 Å². The zero-order valence-electron chi connectivity index (χ0n) is 38.8. The van der Waals surface area contributed by atoms with Crippen LogP contribution in [0.2, 0.25) is 0 Å². The summed E-state index contributed by atoms with van der Waals surface area (Å²) in [6, 6.07) is 13.3. The summed E-state index contributed by atoms with van der Waals surface area (Å²) in [4.78, 5) is 36.1. The van der Waals surface area contributed by atoms with Crippen LogP contribution in [0.15, 0.2) is 61.2 Å². The van der Waals surface area contributed by atoms with Gasteiger partial charge in [-0.25, -0.2) is 19.3 Å². The van der Waals surface area contributed by atoms with E-state index in [2.05, 4.69) is 120 Å². The van der Waals surface area contributed by atoms with Crippen LogP contribution in [0.25, 0.3) is 22.1 Å². The van der Waals surface area contributed by atoms with Gasteiger partial charge in [0.05, 0.1) is 57.8 Å². The number of benzene rings is 2. The Balaban J connectivity index is 0.000000189. The molecule has 2 aliphatic carbocycles. The van der Waals surface area contributed by atoms with Gasteiger partial charge in [-0.15, -0.1) is 0 Å². The predicted octanol–water partition coefficient (Wildman–Crippen LogP) is 11.0. The van der Waals surface area contributed by atoms with Gasteiger partial charge < -0.3 is 21.3 Å². The minimum absolute atomic E-state index is 0.0432. The van der Waals surface area contributed by atoms with Crippen LogP contribution in [0.4, 0.5) is 11.4 Å². The minimum atomic E-state index is -0.106. The summed E-state index contributed by atoms with van der Waals surface area (Å²) in [5, 5.41) is 24.7. The third-order valence-corrected chi connectivity index (χ3v) is 13.4. The molecule has 2 saturated carbocycles. The number of carbonyl (C=O) groups excluding carboxylic acids is 2. The number of rotatable bonds is 13. The van der Waals surface area contributed by atoms with Crippen LogP contribution in [0.1, 0.15) is 165 Å². The molecular formula is C51H68N10O2. The third-order valence-electron chi connectivity index (χ3n) is 13.4. The number of nitrogens with one attached hydrogen (secondary N) is 4. The molecule has 2 atom stereocenters. The lowest BCUT2D eigenvalue weighted by atomic mass is 9.95. The van der Waals surface area contributed by atoms with E-state index in [0.717, 1.165) is 89.8 Å². The van der Waals surface area contributed by atoms with Crippen molar-refractivity contribution in [3.63, 3.8) is 0 Å². The van der Waals surface area contributed by atoms with Crippen molar-refractivity contribution in [1.29, 1.82) is 0 Å². The molecule has 0 radical (unpaired) electrons. The van der Waals surface area contributed by atoms with E-state index in [1.807, 2.05) is 34.7 Å². The highest BCUT2D eigenvalue weighted by Crippen LogP contribution is 2.33. The first-order chi connectivity index (χ1) is 30.5. The molecule has 12 heteroatoms. The van der Waals surface area contributed by atoms with E-state index in [1.54, 1.807) is 12.4 Å². The molecule has 4 N–H and O–H groups in total. The Labute approximate surface area is 373 Å². The maximum atomic E-state index is 13.5. The van der Waals surface area contributed by atoms with Gasteiger partial charge in [0, 0.05) is 37.6 Å². The zero-order valence-corrected chi connectivity index (χ0v) is 38.8. The van der Waals surface area contributed by atoms with Crippen molar-refractivity contribution >= 4 is 45.3 Å². The number of carbonyl (C=O) groups is 2. The molecule has 0 saturated heterocycles. The first-order valence-electron chi connectivity index (χ1n) is 23.5. The molecule has 0 spiro atoms. The molecule has 8 rings (SSSR count). The van der Waals surface area contributed by atoms with E-state index in [0.29, 0.717) is 23.2 Å². The number of aromatic nitrogens is 6. The van der Waals surface area contributed by atoms with Crippen LogP contribution >= 0.6 is 0 Å². The second-order valence-corrected chi connectivity index (χ2v) is 17.7. The van der Waals surface area contributed by atoms with Gasteiger partial charge in [0.25, 0.3) is 11.8 Å². The van der Waals surface area contributed by atoms with Gasteiger partial charge in [0.1, 0.15) is 0 Å². The van der Waals surface area contributed by atoms with Gasteiger partial charge in [-0.1, -0.05) is 81.8 Å². The second-order valence-electron chi connectivity index (χ2n) is 17.7. The van der Waals surface area contributed by atoms with Crippen molar-refractivity contribution in [2.75, 3.05) is 10.6 Å². The van der Waals surface area contributed by atoms with Crippen LogP contribution in [-0.2, 0) is 13.1 Å². The number of hydrogen-bond donors (Lipinski definition) is 4. The first kappa shape index (κ1) is 45.3. The van der Waals surface area contributed by atoms with Crippen molar-refractivity contribution in [3.8, 4) is 0 Å². The lowest BCUT2D eigenvalue weighted by Gasteiger charge is -2.26. The molecule has 12 nitrogen and oxygen atoms in total. The van der Waals surface area contributed by atoms with Crippen molar-refractivity contribution in [3.05, 3.63) is 106 Å². The summed E-state index contributed by atoms with van der Waals surface area (Å²) >= 11 is 0. The lowest BCUT2D eigenvalue weighted by Crippen LogP contribution is -2.30. The summed E-state index contributed by atoms with van der Waals surface area (Å²) in [5.41, 5.74) is 11.8. The van der Waals surface area contributed by atoms with Gasteiger partial charge in [0.2, 0.25) is 0 Å². The Morgan fingerprint density at radius 2 is 1.17 bits per heavy atom. The van der Waals surface area contributed by atoms with E-state index in [1.165, 1.54) is 60.8 Å². The molecule has 2 fully saturated rings. The van der Waals surface area contributed by atoms with Crippen molar-refractivity contribution in [2.24, 2.45) is 0 Å². The molecule has 2 aromatic carbocycles. The number of pyridine rings is 2. The number of nitrogens with zero attached hydrogens (tertiary/aromatic N) is 6. The monoisotopic (exact) mass is 853 g/mol. The minimum Gasteiger partial charge on any atom is -0.381 e. The Morgan fingerprint density at radius 1 is 0.651 bits per heavy atom. The Hall–Kier alpha value is -5.78. The van der Waals surface area contributed by atoms with E-state index in [9.17, 15) is 9.59 Å². The fourth-order valence-corrected chi connectivity index (χ4v) is 9.31. The molecule has 0 bridgehead atoms. The third kappa shape index (κ3) is 10.2. The molecule has 63 heavy (non-hydrogen) atoms. The molecule has 4 aromatic heterocycles. The quantitative estimate of drug-likeness (QED) is 0.0899. The molecule has 334 valence electrons. The van der Waals surface area contributed by atoms with Crippen LogP contribution in [-0.4, -0.2) is 53.4 Å². The molecule has 2 unspecified atom stereocenters. The van der Waals surface area contributed by atoms with Crippen LogP contribution in [0.3, 0.4) is 0 Å². The Morgan fingerprint density at radius 3 is 1.67 bits per heavy atom. The molecule has 2 amide bonds. The first-order valence-corrected chi connectivity index (χ1v) is 23.5. The average molecular weight is 853 g/mol. The molecular weight excluding hydrogens is 785 g/mol. The fourth-order valence-electron chi connectivity index (χ4n) is 9.31. The van der Waals surface area contributed by atoms with Crippen LogP contribution < -0.4 is 21.3 Å². The normalized spacial score (nSPS) is 15.7. The smallest absolute Gasteiger partial charge is 0.255 e. The maximum Gasteiger partial charge on any atom is 0.255 e. The highest BCUT2D eigenvalue weighted by molar-refractivity contribution is 6.07. The molecule has 0 aliphatic heterocycles. The Kier molecular flexibility index (Phi) is 14.8. The van der Waals surface area contributed by atoms with Crippen LogP contribution in [0, 0.1) is 27.7 Å². The number of aryl methyl sites for hydroxylation is 5. The van der Waals surface area contributed by atoms with Gasteiger partial charge in [-0.3, -0.25) is 9.59 Å². The highest BCUT2D eigenvalue weighted by atomic mass is 16.2. The van der Waals surface area contributed by atoms with Gasteiger partial charge in [0.15, 0.2) is 11.3 Å². The largest absolute Gasteiger partial charge is 0.381 e. The fraction of sp³-hybridized carbons (Fsp3) is 0.490. The standard InChI is InChI=1S/C26H35N5O.C25H33N5O/c1-5-23(19-13-12-17(3)18(4)14-19)30-26(32)22-15-27-25-21(16-28-31(25)6-2)24(22)29-20-10-8-7-9-11-20;1-5-30-24-21(15-27-30)23(29-19-11-7-6-8-12-19)22(14-26-24)25(31)28-18(4)20-13-9-10-16(2)17(20)3/h12-16,20,23H,5-11H2,1-4H3,(H,27,29)(H,30,32);9-10,13-15,18-19H,5-8,11-12H2,1-4H3,(H,26,29)(H,28,31). The molecule has 2 aliphatic rings. The predicted molar refractivity (Wildman–Crippen MR) is 256 cm³/mol. The summed E-state index contributed by atoms with van der Waals surface area (Å²) in [7, 11) is 0. The van der Waals surface area contributed by atoms with E-state index in [4.69, 9.17) is 0 Å². The SMILES string of the molecule is CCC(NC(=O)c1cnc2c(cnn2CC)c1NC1CCCCC1)c1ccc(C)c(C)c1.CCn1ncc2c(NC3CCCCC3)c(C(=O)NC(C)c3cccc(C)c3C)cnc21. The Bertz CT molecular complexity index is 2530. The number of amides is 2. The number of anilines is 2. The number of fused-ring (bicyclic) bond motifs is 2. The maximum absolute atomic E-state index is 13.5. The lowest BCUT2D eigenvalue weighted by molar-refractivity contribution is 0.0929. The highest BCUT2D eigenvalue weighted by Gasteiger charge is 2.25. The van der Waals surface area contributed by atoms with E-state index < -0.39 is 0 Å². The topological polar surface area (TPSA) is 144 Å². The van der Waals surface area contributed by atoms with E-state index >= 15 is 0 Å². The summed E-state index contributed by atoms with van der Waals surface area (Å²) < 4.78 is 3.76. The summed E-state index contributed by atoms with van der Waals surface area (Å²) in [6.45, 7) is 18.2. The second kappa shape index (κ2) is 20.6. The van der Waals surface area contributed by atoms with Crippen molar-refractivity contribution < 1.29 is 9.59 Å². The molecule has 6 aromatic rings. The van der Waals surface area contributed by atoms with E-state index in [-0.39, 0.29) is 23.9 Å². The molecule has 4 heterocycles. The van der Waals surface area contributed by atoms with Crippen molar-refractivity contribution in [1.82, 2.24) is 40.2 Å². The van der Waals surface area contributed by atoms with Gasteiger partial charge in [-0.2, -0.15) is 10.2 Å². The zero-order chi connectivity index (χ0) is 44.6. The van der Waals surface area contributed by atoms with Crippen LogP contribution in [0.5, 0.6) is 0 Å².